The Morgan fingerprint density at radius 1 is 1.09 bits per heavy atom. The lowest BCUT2D eigenvalue weighted by atomic mass is 10.0. The van der Waals surface area contributed by atoms with Crippen LogP contribution in [0.2, 0.25) is 0 Å². The van der Waals surface area contributed by atoms with Crippen molar-refractivity contribution in [2.24, 2.45) is 0 Å². The number of hydrogen-bond donors (Lipinski definition) is 1. The predicted octanol–water partition coefficient (Wildman–Crippen LogP) is 4.58. The Kier molecular flexibility index (Phi) is 6.06. The number of rotatable bonds is 6. The quantitative estimate of drug-likeness (QED) is 0.248. The number of fused-ring (bicyclic) bond motifs is 2. The molecular formula is C24H21N5O2S2. The third-order valence-corrected chi connectivity index (χ3v) is 7.69. The van der Waals surface area contributed by atoms with Gasteiger partial charge < -0.3 is 10.2 Å². The molecule has 3 heterocycles. The molecule has 166 valence electrons. The number of carbonyl (C=O) groups excluding carboxylic acids is 2. The van der Waals surface area contributed by atoms with Crippen molar-refractivity contribution < 1.29 is 9.59 Å². The van der Waals surface area contributed by atoms with E-state index in [-0.39, 0.29) is 17.4 Å². The van der Waals surface area contributed by atoms with Crippen molar-refractivity contribution in [1.29, 1.82) is 0 Å². The Morgan fingerprint density at radius 2 is 1.88 bits per heavy atom. The number of benzene rings is 2. The van der Waals surface area contributed by atoms with Gasteiger partial charge in [0, 0.05) is 24.3 Å². The second-order valence-corrected chi connectivity index (χ2v) is 9.68. The lowest BCUT2D eigenvalue weighted by Gasteiger charge is -2.28. The summed E-state index contributed by atoms with van der Waals surface area (Å²) in [5, 5.41) is 4.54. The average molecular weight is 476 g/mol. The molecule has 4 aromatic rings. The maximum atomic E-state index is 12.4. The van der Waals surface area contributed by atoms with E-state index in [0.717, 1.165) is 34.4 Å². The number of carbonyl (C=O) groups is 2. The molecule has 0 unspecified atom stereocenters. The number of nitrogens with zero attached hydrogens (tertiary/aromatic N) is 4. The summed E-state index contributed by atoms with van der Waals surface area (Å²) in [6.45, 7) is 3.26. The molecule has 0 aliphatic carbocycles. The molecule has 0 atom stereocenters. The first kappa shape index (κ1) is 21.5. The van der Waals surface area contributed by atoms with Crippen LogP contribution in [0.3, 0.4) is 0 Å². The summed E-state index contributed by atoms with van der Waals surface area (Å²) in [5.74, 6) is 0.0684. The van der Waals surface area contributed by atoms with Crippen LogP contribution in [-0.4, -0.2) is 38.9 Å². The molecule has 0 saturated heterocycles. The van der Waals surface area contributed by atoms with Crippen LogP contribution in [0.4, 0.5) is 10.8 Å². The highest BCUT2D eigenvalue weighted by Gasteiger charge is 2.21. The second kappa shape index (κ2) is 9.29. The molecule has 1 aliphatic rings. The minimum atomic E-state index is -0.139. The Hall–Kier alpha value is -3.30. The Morgan fingerprint density at radius 3 is 2.67 bits per heavy atom. The number of thiazole rings is 1. The van der Waals surface area contributed by atoms with Crippen LogP contribution in [-0.2, 0) is 17.8 Å². The molecule has 9 heteroatoms. The zero-order chi connectivity index (χ0) is 22.8. The molecule has 5 rings (SSSR count). The summed E-state index contributed by atoms with van der Waals surface area (Å²) in [7, 11) is 0. The van der Waals surface area contributed by atoms with E-state index in [1.165, 1.54) is 36.1 Å². The molecule has 2 aromatic heterocycles. The van der Waals surface area contributed by atoms with Gasteiger partial charge in [-0.3, -0.25) is 9.59 Å². The molecule has 0 bridgehead atoms. The van der Waals surface area contributed by atoms with E-state index in [0.29, 0.717) is 16.9 Å². The first-order valence-corrected chi connectivity index (χ1v) is 12.3. The van der Waals surface area contributed by atoms with E-state index in [4.69, 9.17) is 4.98 Å². The van der Waals surface area contributed by atoms with Gasteiger partial charge in [-0.25, -0.2) is 9.97 Å². The minimum Gasteiger partial charge on any atom is -0.343 e. The SMILES string of the molecule is CC(=O)c1ccc(NC(=O)CSc2ncnc3nc(N4CCc5ccccc5C4)sc23)cc1. The minimum absolute atomic E-state index is 0.00565. The third-order valence-electron chi connectivity index (χ3n) is 5.46. The fourth-order valence-electron chi connectivity index (χ4n) is 3.74. The number of Topliss-reactive ketones (excluding diaryl/α,β-unsaturated/α-hetero) is 1. The zero-order valence-corrected chi connectivity index (χ0v) is 19.6. The van der Waals surface area contributed by atoms with Crippen LogP contribution in [0.25, 0.3) is 10.3 Å². The molecule has 0 radical (unpaired) electrons. The molecule has 0 spiro atoms. The lowest BCUT2D eigenvalue weighted by molar-refractivity contribution is -0.113. The highest BCUT2D eigenvalue weighted by atomic mass is 32.2. The third kappa shape index (κ3) is 4.74. The van der Waals surface area contributed by atoms with Crippen molar-refractivity contribution in [2.45, 2.75) is 24.9 Å². The fraction of sp³-hybridized carbons (Fsp3) is 0.208. The van der Waals surface area contributed by atoms with Crippen LogP contribution in [0, 0.1) is 0 Å². The van der Waals surface area contributed by atoms with Crippen molar-refractivity contribution in [3.05, 3.63) is 71.5 Å². The number of hydrogen-bond acceptors (Lipinski definition) is 8. The van der Waals surface area contributed by atoms with E-state index < -0.39 is 0 Å². The normalized spacial score (nSPS) is 13.1. The van der Waals surface area contributed by atoms with Gasteiger partial charge in [-0.1, -0.05) is 47.4 Å². The number of anilines is 2. The van der Waals surface area contributed by atoms with Crippen molar-refractivity contribution in [2.75, 3.05) is 22.5 Å². The highest BCUT2D eigenvalue weighted by Crippen LogP contribution is 2.35. The van der Waals surface area contributed by atoms with Crippen LogP contribution in [0.5, 0.6) is 0 Å². The maximum Gasteiger partial charge on any atom is 0.234 e. The largest absolute Gasteiger partial charge is 0.343 e. The molecule has 1 aliphatic heterocycles. The number of thioether (sulfide) groups is 1. The van der Waals surface area contributed by atoms with Crippen molar-refractivity contribution in [3.63, 3.8) is 0 Å². The van der Waals surface area contributed by atoms with Crippen molar-refractivity contribution in [1.82, 2.24) is 15.0 Å². The first-order valence-electron chi connectivity index (χ1n) is 10.5. The van der Waals surface area contributed by atoms with Gasteiger partial charge in [0.15, 0.2) is 16.6 Å². The van der Waals surface area contributed by atoms with E-state index in [2.05, 4.69) is 44.5 Å². The molecule has 1 N–H and O–H groups in total. The van der Waals surface area contributed by atoms with Gasteiger partial charge >= 0.3 is 0 Å². The summed E-state index contributed by atoms with van der Waals surface area (Å²) in [4.78, 5) is 39.6. The molecule has 33 heavy (non-hydrogen) atoms. The number of amides is 1. The molecule has 0 saturated carbocycles. The van der Waals surface area contributed by atoms with Crippen LogP contribution < -0.4 is 10.2 Å². The van der Waals surface area contributed by atoms with Crippen LogP contribution in [0.15, 0.2) is 59.9 Å². The highest BCUT2D eigenvalue weighted by molar-refractivity contribution is 8.00. The van der Waals surface area contributed by atoms with Crippen LogP contribution in [0.1, 0.15) is 28.4 Å². The van der Waals surface area contributed by atoms with Crippen LogP contribution >= 0.6 is 23.1 Å². The van der Waals surface area contributed by atoms with E-state index in [9.17, 15) is 9.59 Å². The summed E-state index contributed by atoms with van der Waals surface area (Å²) < 4.78 is 0.898. The second-order valence-electron chi connectivity index (χ2n) is 7.74. The Balaban J connectivity index is 1.27. The monoisotopic (exact) mass is 475 g/mol. The van der Waals surface area contributed by atoms with E-state index >= 15 is 0 Å². The van der Waals surface area contributed by atoms with Gasteiger partial charge in [0.05, 0.1) is 5.75 Å². The number of ketones is 1. The molecule has 1 amide bonds. The van der Waals surface area contributed by atoms with E-state index in [1.54, 1.807) is 35.6 Å². The van der Waals surface area contributed by atoms with Gasteiger partial charge in [0.1, 0.15) is 16.1 Å². The summed E-state index contributed by atoms with van der Waals surface area (Å²) in [6.07, 6.45) is 2.49. The fourth-order valence-corrected chi connectivity index (χ4v) is 5.65. The molecular weight excluding hydrogens is 454 g/mol. The standard InChI is InChI=1S/C24H21N5O2S2/c1-15(30)16-6-8-19(9-7-16)27-20(31)13-32-23-21-22(25-14-26-23)28-24(33-21)29-11-10-17-4-2-3-5-18(17)12-29/h2-9,14H,10-13H2,1H3,(H,27,31). The topological polar surface area (TPSA) is 88.1 Å². The molecule has 7 nitrogen and oxygen atoms in total. The predicted molar refractivity (Wildman–Crippen MR) is 132 cm³/mol. The summed E-state index contributed by atoms with van der Waals surface area (Å²) in [5.41, 5.74) is 4.66. The van der Waals surface area contributed by atoms with Gasteiger partial charge in [-0.05, 0) is 48.7 Å². The zero-order valence-electron chi connectivity index (χ0n) is 17.9. The number of aromatic nitrogens is 3. The molecule has 0 fully saturated rings. The van der Waals surface area contributed by atoms with Gasteiger partial charge in [0.25, 0.3) is 0 Å². The molecule has 2 aromatic carbocycles. The van der Waals surface area contributed by atoms with Crippen molar-refractivity contribution >= 4 is 56.0 Å². The van der Waals surface area contributed by atoms with Gasteiger partial charge in [0.2, 0.25) is 5.91 Å². The van der Waals surface area contributed by atoms with Crippen molar-refractivity contribution in [3.8, 4) is 0 Å². The lowest BCUT2D eigenvalue weighted by Crippen LogP contribution is -2.30. The summed E-state index contributed by atoms with van der Waals surface area (Å²) >= 11 is 2.94. The average Bonchev–Trinajstić information content (AvgIpc) is 3.28. The smallest absolute Gasteiger partial charge is 0.234 e. The van der Waals surface area contributed by atoms with Gasteiger partial charge in [-0.2, -0.15) is 4.98 Å². The first-order chi connectivity index (χ1) is 16.1. The Bertz CT molecular complexity index is 1340. The van der Waals surface area contributed by atoms with E-state index in [1.807, 2.05) is 0 Å². The maximum absolute atomic E-state index is 12.4. The Labute approximate surface area is 199 Å². The summed E-state index contributed by atoms with van der Waals surface area (Å²) in [6, 6.07) is 15.4. The number of nitrogens with one attached hydrogen (secondary N) is 1. The van der Waals surface area contributed by atoms with Gasteiger partial charge in [-0.15, -0.1) is 0 Å².